The van der Waals surface area contributed by atoms with Gasteiger partial charge in [-0.1, -0.05) is 38.1 Å². The molecule has 2 heteroatoms. The third-order valence-electron chi connectivity index (χ3n) is 4.85. The van der Waals surface area contributed by atoms with Crippen molar-refractivity contribution in [3.63, 3.8) is 0 Å². The average molecular weight is 257 g/mol. The van der Waals surface area contributed by atoms with Crippen LogP contribution in [0.4, 0.5) is 0 Å². The Morgan fingerprint density at radius 2 is 1.79 bits per heavy atom. The van der Waals surface area contributed by atoms with Crippen LogP contribution in [0.15, 0.2) is 24.3 Å². The molecule has 19 heavy (non-hydrogen) atoms. The van der Waals surface area contributed by atoms with Crippen molar-refractivity contribution in [1.82, 2.24) is 4.90 Å². The predicted molar refractivity (Wildman–Crippen MR) is 77.5 cm³/mol. The van der Waals surface area contributed by atoms with E-state index in [-0.39, 0.29) is 5.92 Å². The third kappa shape index (κ3) is 2.46. The SMILES string of the molecule is CC(C)c1ccc(C(=O)[C@@H]2CN3CCC2CC3)cc1. The van der Waals surface area contributed by atoms with Gasteiger partial charge < -0.3 is 4.90 Å². The number of ketones is 1. The summed E-state index contributed by atoms with van der Waals surface area (Å²) in [7, 11) is 0. The molecular formula is C17H23NO. The largest absolute Gasteiger partial charge is 0.303 e. The fourth-order valence-corrected chi connectivity index (χ4v) is 3.51. The van der Waals surface area contributed by atoms with Gasteiger partial charge in [-0.15, -0.1) is 0 Å². The number of nitrogens with zero attached hydrogens (tertiary/aromatic N) is 1. The predicted octanol–water partition coefficient (Wildman–Crippen LogP) is 3.33. The summed E-state index contributed by atoms with van der Waals surface area (Å²) in [6, 6.07) is 8.27. The first-order valence-corrected chi connectivity index (χ1v) is 7.51. The fraction of sp³-hybridized carbons (Fsp3) is 0.588. The average Bonchev–Trinajstić information content (AvgIpc) is 2.47. The van der Waals surface area contributed by atoms with E-state index in [4.69, 9.17) is 0 Å². The molecule has 3 saturated heterocycles. The second kappa shape index (κ2) is 5.09. The monoisotopic (exact) mass is 257 g/mol. The van der Waals surface area contributed by atoms with Crippen LogP contribution in [0.5, 0.6) is 0 Å². The number of hydrogen-bond acceptors (Lipinski definition) is 2. The van der Waals surface area contributed by atoms with Gasteiger partial charge in [-0.3, -0.25) is 4.79 Å². The van der Waals surface area contributed by atoms with Crippen molar-refractivity contribution >= 4 is 5.78 Å². The summed E-state index contributed by atoms with van der Waals surface area (Å²) in [6.45, 7) is 7.74. The highest BCUT2D eigenvalue weighted by molar-refractivity contribution is 5.98. The minimum Gasteiger partial charge on any atom is -0.303 e. The molecule has 0 N–H and O–H groups in total. The van der Waals surface area contributed by atoms with Gasteiger partial charge in [0, 0.05) is 18.0 Å². The Hall–Kier alpha value is -1.15. The first kappa shape index (κ1) is 12.9. The van der Waals surface area contributed by atoms with E-state index in [1.54, 1.807) is 0 Å². The molecule has 1 atom stereocenters. The van der Waals surface area contributed by atoms with Gasteiger partial charge >= 0.3 is 0 Å². The number of fused-ring (bicyclic) bond motifs is 3. The Morgan fingerprint density at radius 3 is 2.26 bits per heavy atom. The van der Waals surface area contributed by atoms with Gasteiger partial charge in [-0.2, -0.15) is 0 Å². The summed E-state index contributed by atoms with van der Waals surface area (Å²) in [5, 5.41) is 0. The molecule has 102 valence electrons. The Morgan fingerprint density at radius 1 is 1.16 bits per heavy atom. The molecule has 1 aromatic rings. The summed E-state index contributed by atoms with van der Waals surface area (Å²) in [6.07, 6.45) is 2.42. The van der Waals surface area contributed by atoms with Gasteiger partial charge in [0.05, 0.1) is 0 Å². The van der Waals surface area contributed by atoms with Crippen LogP contribution >= 0.6 is 0 Å². The maximum Gasteiger partial charge on any atom is 0.167 e. The third-order valence-corrected chi connectivity index (χ3v) is 4.85. The van der Waals surface area contributed by atoms with Gasteiger partial charge in [-0.25, -0.2) is 0 Å². The van der Waals surface area contributed by atoms with Gasteiger partial charge in [0.15, 0.2) is 5.78 Å². The molecule has 4 rings (SSSR count). The van der Waals surface area contributed by atoms with E-state index in [9.17, 15) is 4.79 Å². The van der Waals surface area contributed by atoms with Crippen LogP contribution < -0.4 is 0 Å². The van der Waals surface area contributed by atoms with E-state index >= 15 is 0 Å². The van der Waals surface area contributed by atoms with Gasteiger partial charge in [-0.05, 0) is 43.3 Å². The van der Waals surface area contributed by atoms with E-state index in [1.165, 1.54) is 31.5 Å². The van der Waals surface area contributed by atoms with Gasteiger partial charge in [0.25, 0.3) is 0 Å². The first-order valence-electron chi connectivity index (χ1n) is 7.51. The van der Waals surface area contributed by atoms with E-state index in [0.717, 1.165) is 12.1 Å². The lowest BCUT2D eigenvalue weighted by atomic mass is 9.75. The molecule has 0 radical (unpaired) electrons. The van der Waals surface area contributed by atoms with Crippen molar-refractivity contribution < 1.29 is 4.79 Å². The topological polar surface area (TPSA) is 20.3 Å². The summed E-state index contributed by atoms with van der Waals surface area (Å²) < 4.78 is 0. The van der Waals surface area contributed by atoms with Crippen molar-refractivity contribution in [3.8, 4) is 0 Å². The Balaban J connectivity index is 1.76. The van der Waals surface area contributed by atoms with Crippen molar-refractivity contribution in [2.24, 2.45) is 11.8 Å². The molecule has 3 heterocycles. The lowest BCUT2D eigenvalue weighted by Crippen LogP contribution is -2.50. The van der Waals surface area contributed by atoms with Crippen molar-refractivity contribution in [2.45, 2.75) is 32.6 Å². The van der Waals surface area contributed by atoms with Crippen molar-refractivity contribution in [1.29, 1.82) is 0 Å². The number of benzene rings is 1. The zero-order chi connectivity index (χ0) is 13.4. The lowest BCUT2D eigenvalue weighted by molar-refractivity contribution is 0.0419. The van der Waals surface area contributed by atoms with Crippen molar-refractivity contribution in [3.05, 3.63) is 35.4 Å². The van der Waals surface area contributed by atoms with Crippen LogP contribution in [0.25, 0.3) is 0 Å². The number of rotatable bonds is 3. The Labute approximate surface area is 115 Å². The van der Waals surface area contributed by atoms with Crippen LogP contribution in [-0.2, 0) is 0 Å². The Kier molecular flexibility index (Phi) is 3.44. The number of carbonyl (C=O) groups excluding carboxylic acids is 1. The van der Waals surface area contributed by atoms with Crippen LogP contribution in [0.1, 0.15) is 48.5 Å². The smallest absolute Gasteiger partial charge is 0.167 e. The van der Waals surface area contributed by atoms with Crippen LogP contribution in [-0.4, -0.2) is 30.3 Å². The highest BCUT2D eigenvalue weighted by Crippen LogP contribution is 2.34. The van der Waals surface area contributed by atoms with E-state index in [0.29, 0.717) is 17.6 Å². The maximum atomic E-state index is 12.6. The summed E-state index contributed by atoms with van der Waals surface area (Å²) in [5.41, 5.74) is 2.22. The minimum absolute atomic E-state index is 0.243. The van der Waals surface area contributed by atoms with Gasteiger partial charge in [0.2, 0.25) is 0 Å². The lowest BCUT2D eigenvalue weighted by Gasteiger charge is -2.44. The second-order valence-electron chi connectivity index (χ2n) is 6.39. The Bertz CT molecular complexity index is 455. The van der Waals surface area contributed by atoms with Crippen LogP contribution in [0.3, 0.4) is 0 Å². The summed E-state index contributed by atoms with van der Waals surface area (Å²) in [4.78, 5) is 15.1. The summed E-state index contributed by atoms with van der Waals surface area (Å²) >= 11 is 0. The normalized spacial score (nSPS) is 29.7. The summed E-state index contributed by atoms with van der Waals surface area (Å²) in [5.74, 6) is 1.76. The second-order valence-corrected chi connectivity index (χ2v) is 6.39. The molecule has 0 aromatic heterocycles. The quantitative estimate of drug-likeness (QED) is 0.774. The first-order chi connectivity index (χ1) is 9.15. The highest BCUT2D eigenvalue weighted by atomic mass is 16.1. The highest BCUT2D eigenvalue weighted by Gasteiger charge is 2.38. The van der Waals surface area contributed by atoms with E-state index < -0.39 is 0 Å². The number of carbonyl (C=O) groups is 1. The fourth-order valence-electron chi connectivity index (χ4n) is 3.51. The van der Waals surface area contributed by atoms with E-state index in [1.807, 2.05) is 12.1 Å². The molecule has 1 aromatic carbocycles. The molecule has 2 bridgehead atoms. The molecule has 3 aliphatic rings. The zero-order valence-electron chi connectivity index (χ0n) is 11.9. The molecule has 2 nitrogen and oxygen atoms in total. The molecule has 0 saturated carbocycles. The standard InChI is InChI=1S/C17H23NO/c1-12(2)13-3-5-15(6-4-13)17(19)16-11-18-9-7-14(16)8-10-18/h3-6,12,14,16H,7-11H2,1-2H3/t16-/m1/s1. The molecule has 0 unspecified atom stereocenters. The molecule has 0 spiro atoms. The van der Waals surface area contributed by atoms with E-state index in [2.05, 4.69) is 30.9 Å². The molecule has 3 aliphatic heterocycles. The van der Waals surface area contributed by atoms with Crippen LogP contribution in [0, 0.1) is 11.8 Å². The minimum atomic E-state index is 0.243. The number of piperidine rings is 3. The zero-order valence-corrected chi connectivity index (χ0v) is 11.9. The van der Waals surface area contributed by atoms with Crippen LogP contribution in [0.2, 0.25) is 0 Å². The van der Waals surface area contributed by atoms with Crippen molar-refractivity contribution in [2.75, 3.05) is 19.6 Å². The molecule has 0 amide bonds. The van der Waals surface area contributed by atoms with Gasteiger partial charge in [0.1, 0.15) is 0 Å². The number of hydrogen-bond donors (Lipinski definition) is 0. The molecule has 3 fully saturated rings. The maximum absolute atomic E-state index is 12.6. The number of Topliss-reactive ketones (excluding diaryl/α,β-unsaturated/α-hetero) is 1. The molecule has 0 aliphatic carbocycles. The molecular weight excluding hydrogens is 234 g/mol.